The number of nitrogens with zero attached hydrogens (tertiary/aromatic N) is 3. The normalized spacial score (nSPS) is 10.7. The molecule has 6 heteroatoms. The third-order valence-corrected chi connectivity index (χ3v) is 4.23. The van der Waals surface area contributed by atoms with E-state index in [4.69, 9.17) is 5.73 Å². The molecule has 2 aromatic rings. The van der Waals surface area contributed by atoms with Gasteiger partial charge in [-0.05, 0) is 46.7 Å². The van der Waals surface area contributed by atoms with Crippen molar-refractivity contribution < 1.29 is 0 Å². The molecule has 0 aliphatic carbocycles. The number of hydrogen-bond donors (Lipinski definition) is 1. The average Bonchev–Trinajstić information content (AvgIpc) is 2.48. The van der Waals surface area contributed by atoms with Gasteiger partial charge >= 0.3 is 0 Å². The molecule has 0 unspecified atom stereocenters. The van der Waals surface area contributed by atoms with E-state index in [1.54, 1.807) is 10.9 Å². The minimum absolute atomic E-state index is 0.713. The van der Waals surface area contributed by atoms with Gasteiger partial charge in [-0.3, -0.25) is 4.68 Å². The SMILES string of the molecule is Cc1nn(C)c(Sc2ncccc2Br)c1N. The van der Waals surface area contributed by atoms with E-state index < -0.39 is 0 Å². The first kappa shape index (κ1) is 11.5. The molecule has 0 aliphatic heterocycles. The van der Waals surface area contributed by atoms with Gasteiger partial charge in [0, 0.05) is 13.2 Å². The average molecular weight is 299 g/mol. The first-order chi connectivity index (χ1) is 7.59. The summed E-state index contributed by atoms with van der Waals surface area (Å²) >= 11 is 4.96. The van der Waals surface area contributed by atoms with Gasteiger partial charge in [-0.1, -0.05) is 0 Å². The predicted octanol–water partition coefficient (Wildman–Crippen LogP) is 2.62. The summed E-state index contributed by atoms with van der Waals surface area (Å²) in [5.41, 5.74) is 7.51. The number of rotatable bonds is 2. The highest BCUT2D eigenvalue weighted by Gasteiger charge is 2.13. The van der Waals surface area contributed by atoms with Crippen LogP contribution < -0.4 is 5.73 Å². The summed E-state index contributed by atoms with van der Waals surface area (Å²) in [5.74, 6) is 0. The summed E-state index contributed by atoms with van der Waals surface area (Å²) < 4.78 is 2.73. The lowest BCUT2D eigenvalue weighted by Crippen LogP contribution is -1.94. The summed E-state index contributed by atoms with van der Waals surface area (Å²) in [6, 6.07) is 3.83. The number of halogens is 1. The van der Waals surface area contributed by atoms with E-state index in [0.29, 0.717) is 5.69 Å². The Morgan fingerprint density at radius 3 is 2.81 bits per heavy atom. The number of anilines is 1. The fraction of sp³-hybridized carbons (Fsp3) is 0.200. The van der Waals surface area contributed by atoms with Crippen molar-refractivity contribution in [2.24, 2.45) is 7.05 Å². The Bertz CT molecular complexity index is 524. The maximum Gasteiger partial charge on any atom is 0.123 e. The zero-order chi connectivity index (χ0) is 11.7. The second kappa shape index (κ2) is 4.47. The fourth-order valence-electron chi connectivity index (χ4n) is 1.31. The van der Waals surface area contributed by atoms with Crippen molar-refractivity contribution in [3.05, 3.63) is 28.5 Å². The molecule has 2 aromatic heterocycles. The van der Waals surface area contributed by atoms with E-state index >= 15 is 0 Å². The number of pyridine rings is 1. The lowest BCUT2D eigenvalue weighted by atomic mass is 10.4. The summed E-state index contributed by atoms with van der Waals surface area (Å²) in [7, 11) is 1.88. The second-order valence-electron chi connectivity index (χ2n) is 3.32. The van der Waals surface area contributed by atoms with E-state index in [0.717, 1.165) is 20.2 Å². The highest BCUT2D eigenvalue weighted by Crippen LogP contribution is 2.35. The monoisotopic (exact) mass is 298 g/mol. The van der Waals surface area contributed by atoms with E-state index in [1.165, 1.54) is 11.8 Å². The maximum atomic E-state index is 5.95. The van der Waals surface area contributed by atoms with Crippen molar-refractivity contribution in [1.82, 2.24) is 14.8 Å². The van der Waals surface area contributed by atoms with Gasteiger partial charge < -0.3 is 5.73 Å². The molecule has 2 heterocycles. The molecule has 84 valence electrons. The van der Waals surface area contributed by atoms with Gasteiger partial charge in [0.05, 0.1) is 15.9 Å². The van der Waals surface area contributed by atoms with Gasteiger partial charge in [0.25, 0.3) is 0 Å². The van der Waals surface area contributed by atoms with Crippen molar-refractivity contribution in [3.63, 3.8) is 0 Å². The van der Waals surface area contributed by atoms with Gasteiger partial charge in [-0.15, -0.1) is 0 Å². The standard InChI is InChI=1S/C10H11BrN4S/c1-6-8(12)10(15(2)14-6)16-9-7(11)4-3-5-13-9/h3-5H,12H2,1-2H3. The van der Waals surface area contributed by atoms with Gasteiger partial charge in [0.15, 0.2) is 0 Å². The number of nitrogens with two attached hydrogens (primary N) is 1. The smallest absolute Gasteiger partial charge is 0.123 e. The van der Waals surface area contributed by atoms with Crippen molar-refractivity contribution in [2.45, 2.75) is 17.0 Å². The Kier molecular flexibility index (Phi) is 3.20. The molecule has 4 nitrogen and oxygen atoms in total. The zero-order valence-electron chi connectivity index (χ0n) is 8.94. The molecule has 0 bridgehead atoms. The molecule has 0 spiro atoms. The molecule has 0 aromatic carbocycles. The van der Waals surface area contributed by atoms with Gasteiger partial charge in [0.1, 0.15) is 10.1 Å². The molecular formula is C10H11BrN4S. The molecule has 2 N–H and O–H groups in total. The Balaban J connectivity index is 2.38. The molecule has 0 aliphatic rings. The van der Waals surface area contributed by atoms with E-state index in [-0.39, 0.29) is 0 Å². The van der Waals surface area contributed by atoms with Crippen molar-refractivity contribution >= 4 is 33.4 Å². The van der Waals surface area contributed by atoms with Crippen LogP contribution in [0, 0.1) is 6.92 Å². The minimum atomic E-state index is 0.713. The maximum absolute atomic E-state index is 5.95. The van der Waals surface area contributed by atoms with Crippen LogP contribution in [-0.4, -0.2) is 14.8 Å². The highest BCUT2D eigenvalue weighted by molar-refractivity contribution is 9.10. The van der Waals surface area contributed by atoms with Crippen LogP contribution in [0.4, 0.5) is 5.69 Å². The highest BCUT2D eigenvalue weighted by atomic mass is 79.9. The number of aromatic nitrogens is 3. The van der Waals surface area contributed by atoms with Crippen LogP contribution in [0.15, 0.2) is 32.9 Å². The molecule has 0 amide bonds. The third-order valence-electron chi connectivity index (χ3n) is 2.13. The molecule has 2 rings (SSSR count). The van der Waals surface area contributed by atoms with Gasteiger partial charge in [-0.25, -0.2) is 4.98 Å². The molecule has 0 saturated heterocycles. The second-order valence-corrected chi connectivity index (χ2v) is 5.15. The largest absolute Gasteiger partial charge is 0.395 e. The summed E-state index contributed by atoms with van der Waals surface area (Å²) in [4.78, 5) is 4.28. The summed E-state index contributed by atoms with van der Waals surface area (Å²) in [6.45, 7) is 1.90. The zero-order valence-corrected chi connectivity index (χ0v) is 11.3. The van der Waals surface area contributed by atoms with Gasteiger partial charge in [-0.2, -0.15) is 5.10 Å². The lowest BCUT2D eigenvalue weighted by Gasteiger charge is -2.04. The fourth-order valence-corrected chi connectivity index (χ4v) is 2.70. The van der Waals surface area contributed by atoms with Crippen LogP contribution in [0.3, 0.4) is 0 Å². The first-order valence-corrected chi connectivity index (χ1v) is 6.28. The van der Waals surface area contributed by atoms with Gasteiger partial charge in [0.2, 0.25) is 0 Å². The summed E-state index contributed by atoms with van der Waals surface area (Å²) in [5, 5.41) is 6.06. The van der Waals surface area contributed by atoms with Crippen molar-refractivity contribution in [1.29, 1.82) is 0 Å². The molecule has 0 atom stereocenters. The van der Waals surface area contributed by atoms with E-state index in [1.807, 2.05) is 26.1 Å². The Morgan fingerprint density at radius 2 is 2.25 bits per heavy atom. The van der Waals surface area contributed by atoms with E-state index in [2.05, 4.69) is 26.0 Å². The van der Waals surface area contributed by atoms with Crippen LogP contribution in [0.5, 0.6) is 0 Å². The third kappa shape index (κ3) is 2.08. The lowest BCUT2D eigenvalue weighted by molar-refractivity contribution is 0.692. The predicted molar refractivity (Wildman–Crippen MR) is 68.4 cm³/mol. The Morgan fingerprint density at radius 1 is 1.50 bits per heavy atom. The first-order valence-electron chi connectivity index (χ1n) is 4.67. The molecule has 0 radical (unpaired) electrons. The van der Waals surface area contributed by atoms with E-state index in [9.17, 15) is 0 Å². The Labute approximate surface area is 106 Å². The van der Waals surface area contributed by atoms with Crippen LogP contribution in [0.2, 0.25) is 0 Å². The van der Waals surface area contributed by atoms with Crippen LogP contribution in [0.25, 0.3) is 0 Å². The Hall–Kier alpha value is -1.01. The molecule has 0 fully saturated rings. The summed E-state index contributed by atoms with van der Waals surface area (Å²) in [6.07, 6.45) is 1.76. The topological polar surface area (TPSA) is 56.7 Å². The van der Waals surface area contributed by atoms with Crippen molar-refractivity contribution in [3.8, 4) is 0 Å². The molecule has 0 saturated carbocycles. The number of aryl methyl sites for hydroxylation is 2. The quantitative estimate of drug-likeness (QED) is 0.926. The van der Waals surface area contributed by atoms with Crippen molar-refractivity contribution in [2.75, 3.05) is 5.73 Å². The van der Waals surface area contributed by atoms with Crippen LogP contribution >= 0.6 is 27.7 Å². The minimum Gasteiger partial charge on any atom is -0.395 e. The number of nitrogen functional groups attached to an aromatic ring is 1. The molecular weight excluding hydrogens is 288 g/mol. The van der Waals surface area contributed by atoms with Crippen LogP contribution in [0.1, 0.15) is 5.69 Å². The molecule has 16 heavy (non-hydrogen) atoms. The number of hydrogen-bond acceptors (Lipinski definition) is 4. The van der Waals surface area contributed by atoms with Crippen LogP contribution in [-0.2, 0) is 7.05 Å².